The summed E-state index contributed by atoms with van der Waals surface area (Å²) < 4.78 is 21.6. The van der Waals surface area contributed by atoms with Gasteiger partial charge in [-0.25, -0.2) is 9.59 Å². The number of hydrogen-bond donors (Lipinski definition) is 0. The van der Waals surface area contributed by atoms with Gasteiger partial charge in [-0.2, -0.15) is 0 Å². The number of carbonyl (C=O) groups is 2. The number of ether oxygens (including phenoxy) is 4. The molecule has 0 unspecified atom stereocenters. The molecule has 1 heterocycles. The van der Waals surface area contributed by atoms with Crippen LogP contribution < -0.4 is 9.47 Å². The Kier molecular flexibility index (Phi) is 6.29. The molecule has 2 rings (SSSR count). The van der Waals surface area contributed by atoms with E-state index in [1.165, 1.54) is 19.9 Å². The quantitative estimate of drug-likeness (QED) is 0.418. The molecule has 1 aromatic rings. The van der Waals surface area contributed by atoms with Crippen LogP contribution in [-0.2, 0) is 19.1 Å². The molecule has 0 N–H and O–H groups in total. The second kappa shape index (κ2) is 8.25. The minimum atomic E-state index is -1.25. The molecular formula is C20H26O6. The van der Waals surface area contributed by atoms with Crippen LogP contribution in [0.3, 0.4) is 0 Å². The monoisotopic (exact) mass is 362 g/mol. The zero-order chi connectivity index (χ0) is 19.3. The first-order valence-electron chi connectivity index (χ1n) is 8.80. The van der Waals surface area contributed by atoms with Gasteiger partial charge in [0.2, 0.25) is 0 Å². The van der Waals surface area contributed by atoms with Gasteiger partial charge < -0.3 is 18.9 Å². The standard InChI is InChI=1S/C20H26O6/c1-6-23-17-12-14(7-8-16(17)24-10-9-13(2)3)11-15-18(21)25-20(4,5)26-19(15)22/h7-8,11-13H,6,9-10H2,1-5H3. The van der Waals surface area contributed by atoms with Gasteiger partial charge in [0.25, 0.3) is 5.79 Å². The molecule has 0 amide bonds. The van der Waals surface area contributed by atoms with Crippen LogP contribution >= 0.6 is 0 Å². The van der Waals surface area contributed by atoms with E-state index in [4.69, 9.17) is 18.9 Å². The summed E-state index contributed by atoms with van der Waals surface area (Å²) >= 11 is 0. The molecule has 0 radical (unpaired) electrons. The van der Waals surface area contributed by atoms with Gasteiger partial charge >= 0.3 is 11.9 Å². The van der Waals surface area contributed by atoms with Crippen molar-refractivity contribution in [2.24, 2.45) is 5.92 Å². The van der Waals surface area contributed by atoms with Crippen molar-refractivity contribution in [2.75, 3.05) is 13.2 Å². The van der Waals surface area contributed by atoms with Crippen molar-refractivity contribution in [1.82, 2.24) is 0 Å². The second-order valence-electron chi connectivity index (χ2n) is 6.91. The smallest absolute Gasteiger partial charge is 0.348 e. The summed E-state index contributed by atoms with van der Waals surface area (Å²) in [5, 5.41) is 0. The molecule has 0 atom stereocenters. The summed E-state index contributed by atoms with van der Waals surface area (Å²) in [6.45, 7) is 10.2. The molecule has 0 aliphatic carbocycles. The molecule has 1 fully saturated rings. The number of rotatable bonds is 7. The van der Waals surface area contributed by atoms with E-state index in [-0.39, 0.29) is 5.57 Å². The van der Waals surface area contributed by atoms with Crippen molar-refractivity contribution in [1.29, 1.82) is 0 Å². The van der Waals surface area contributed by atoms with E-state index in [0.717, 1.165) is 6.42 Å². The van der Waals surface area contributed by atoms with Crippen LogP contribution in [0.1, 0.15) is 46.6 Å². The summed E-state index contributed by atoms with van der Waals surface area (Å²) in [7, 11) is 0. The summed E-state index contributed by atoms with van der Waals surface area (Å²) in [4.78, 5) is 24.1. The Morgan fingerprint density at radius 2 is 1.73 bits per heavy atom. The Balaban J connectivity index is 2.23. The minimum absolute atomic E-state index is 0.153. The van der Waals surface area contributed by atoms with E-state index < -0.39 is 17.7 Å². The molecule has 1 aliphatic rings. The Hall–Kier alpha value is -2.50. The van der Waals surface area contributed by atoms with Crippen LogP contribution in [0.25, 0.3) is 6.08 Å². The van der Waals surface area contributed by atoms with Gasteiger partial charge in [0, 0.05) is 13.8 Å². The highest BCUT2D eigenvalue weighted by Gasteiger charge is 2.38. The maximum absolute atomic E-state index is 12.1. The minimum Gasteiger partial charge on any atom is -0.490 e. The molecule has 0 saturated carbocycles. The fourth-order valence-electron chi connectivity index (χ4n) is 2.35. The maximum Gasteiger partial charge on any atom is 0.348 e. The highest BCUT2D eigenvalue weighted by atomic mass is 16.7. The van der Waals surface area contributed by atoms with E-state index in [9.17, 15) is 9.59 Å². The third-order valence-electron chi connectivity index (χ3n) is 3.65. The van der Waals surface area contributed by atoms with Crippen LogP contribution in [0.15, 0.2) is 23.8 Å². The number of esters is 2. The predicted molar refractivity (Wildman–Crippen MR) is 96.8 cm³/mol. The summed E-state index contributed by atoms with van der Waals surface area (Å²) in [6.07, 6.45) is 2.37. The normalized spacial score (nSPS) is 16.2. The summed E-state index contributed by atoms with van der Waals surface area (Å²) in [6, 6.07) is 5.24. The van der Waals surface area contributed by atoms with E-state index in [1.54, 1.807) is 18.2 Å². The summed E-state index contributed by atoms with van der Waals surface area (Å²) in [5.41, 5.74) is 0.466. The molecular weight excluding hydrogens is 336 g/mol. The van der Waals surface area contributed by atoms with Crippen LogP contribution in [0.4, 0.5) is 0 Å². The highest BCUT2D eigenvalue weighted by Crippen LogP contribution is 2.31. The Bertz CT molecular complexity index is 680. The van der Waals surface area contributed by atoms with Crippen LogP contribution in [0.5, 0.6) is 11.5 Å². The molecule has 0 spiro atoms. The largest absolute Gasteiger partial charge is 0.490 e. The fourth-order valence-corrected chi connectivity index (χ4v) is 2.35. The molecule has 142 valence electrons. The number of carbonyl (C=O) groups excluding carboxylic acids is 2. The van der Waals surface area contributed by atoms with Gasteiger partial charge in [0.1, 0.15) is 5.57 Å². The third kappa shape index (κ3) is 5.25. The van der Waals surface area contributed by atoms with E-state index in [0.29, 0.717) is 36.2 Å². The molecule has 6 heteroatoms. The van der Waals surface area contributed by atoms with Crippen LogP contribution in [0.2, 0.25) is 0 Å². The van der Waals surface area contributed by atoms with Crippen molar-refractivity contribution in [3.63, 3.8) is 0 Å². The van der Waals surface area contributed by atoms with Gasteiger partial charge in [-0.1, -0.05) is 19.9 Å². The lowest BCUT2D eigenvalue weighted by molar-refractivity contribution is -0.222. The molecule has 6 nitrogen and oxygen atoms in total. The van der Waals surface area contributed by atoms with Crippen molar-refractivity contribution in [3.8, 4) is 11.5 Å². The molecule has 1 aromatic carbocycles. The van der Waals surface area contributed by atoms with E-state index in [1.807, 2.05) is 6.92 Å². The molecule has 0 aromatic heterocycles. The van der Waals surface area contributed by atoms with Crippen LogP contribution in [0, 0.1) is 5.92 Å². The van der Waals surface area contributed by atoms with Gasteiger partial charge in [-0.3, -0.25) is 0 Å². The molecule has 0 bridgehead atoms. The lowest BCUT2D eigenvalue weighted by atomic mass is 10.1. The predicted octanol–water partition coefficient (Wildman–Crippen LogP) is 3.73. The number of cyclic esters (lactones) is 2. The third-order valence-corrected chi connectivity index (χ3v) is 3.65. The van der Waals surface area contributed by atoms with Crippen molar-refractivity contribution < 1.29 is 28.5 Å². The lowest BCUT2D eigenvalue weighted by Crippen LogP contribution is -2.41. The average Bonchev–Trinajstić information content (AvgIpc) is 2.52. The summed E-state index contributed by atoms with van der Waals surface area (Å²) in [5.74, 6) is -0.936. The van der Waals surface area contributed by atoms with Gasteiger partial charge in [0.05, 0.1) is 13.2 Å². The highest BCUT2D eigenvalue weighted by molar-refractivity contribution is 6.18. The van der Waals surface area contributed by atoms with Crippen molar-refractivity contribution in [2.45, 2.75) is 46.8 Å². The maximum atomic E-state index is 12.1. The van der Waals surface area contributed by atoms with E-state index in [2.05, 4.69) is 13.8 Å². The molecule has 1 saturated heterocycles. The first-order valence-corrected chi connectivity index (χ1v) is 8.80. The Morgan fingerprint density at radius 1 is 1.08 bits per heavy atom. The van der Waals surface area contributed by atoms with Gasteiger partial charge in [-0.05, 0) is 43.0 Å². The van der Waals surface area contributed by atoms with Gasteiger partial charge in [-0.15, -0.1) is 0 Å². The van der Waals surface area contributed by atoms with Crippen LogP contribution in [-0.4, -0.2) is 30.9 Å². The van der Waals surface area contributed by atoms with Gasteiger partial charge in [0.15, 0.2) is 11.5 Å². The topological polar surface area (TPSA) is 71.1 Å². The zero-order valence-corrected chi connectivity index (χ0v) is 16.0. The first-order chi connectivity index (χ1) is 12.2. The zero-order valence-electron chi connectivity index (χ0n) is 16.0. The fraction of sp³-hybridized carbons (Fsp3) is 0.500. The average molecular weight is 362 g/mol. The lowest BCUT2D eigenvalue weighted by Gasteiger charge is -2.29. The molecule has 1 aliphatic heterocycles. The molecule has 26 heavy (non-hydrogen) atoms. The number of benzene rings is 1. The van der Waals surface area contributed by atoms with E-state index >= 15 is 0 Å². The second-order valence-corrected chi connectivity index (χ2v) is 6.91. The number of hydrogen-bond acceptors (Lipinski definition) is 6. The first kappa shape index (κ1) is 19.8. The van der Waals surface area contributed by atoms with Crippen molar-refractivity contribution >= 4 is 18.0 Å². The Labute approximate surface area is 154 Å². The Morgan fingerprint density at radius 3 is 2.31 bits per heavy atom. The van der Waals surface area contributed by atoms with Crippen molar-refractivity contribution in [3.05, 3.63) is 29.3 Å². The SMILES string of the molecule is CCOc1cc(C=C2C(=O)OC(C)(C)OC2=O)ccc1OCCC(C)C.